The molecule has 0 heterocycles. The molecule has 0 aliphatic rings. The maximum atomic E-state index is 11.0. The SMILES string of the molecule is CCCCC(CC)COc1cccc(Cl)c1[N+](=O)[O-]. The van der Waals surface area contributed by atoms with Gasteiger partial charge in [0, 0.05) is 0 Å². The summed E-state index contributed by atoms with van der Waals surface area (Å²) in [5.41, 5.74) is -0.144. The van der Waals surface area contributed by atoms with Gasteiger partial charge in [0.15, 0.2) is 5.75 Å². The number of hydrogen-bond acceptors (Lipinski definition) is 3. The normalized spacial score (nSPS) is 12.2. The standard InChI is InChI=1S/C14H20ClNO3/c1-3-5-7-11(4-2)10-19-13-9-6-8-12(15)14(13)16(17)18/h6,8-9,11H,3-5,7,10H2,1-2H3. The highest BCUT2D eigenvalue weighted by atomic mass is 35.5. The lowest BCUT2D eigenvalue weighted by Crippen LogP contribution is -2.12. The molecule has 0 spiro atoms. The molecule has 1 rings (SSSR count). The highest BCUT2D eigenvalue weighted by Gasteiger charge is 2.20. The van der Waals surface area contributed by atoms with Crippen molar-refractivity contribution in [3.8, 4) is 5.75 Å². The minimum Gasteiger partial charge on any atom is -0.486 e. The van der Waals surface area contributed by atoms with E-state index in [-0.39, 0.29) is 16.5 Å². The van der Waals surface area contributed by atoms with Crippen molar-refractivity contribution in [1.82, 2.24) is 0 Å². The summed E-state index contributed by atoms with van der Waals surface area (Å²) in [5, 5.41) is 11.1. The van der Waals surface area contributed by atoms with Crippen molar-refractivity contribution in [1.29, 1.82) is 0 Å². The number of hydrogen-bond donors (Lipinski definition) is 0. The smallest absolute Gasteiger partial charge is 0.329 e. The van der Waals surface area contributed by atoms with Crippen LogP contribution in [-0.2, 0) is 0 Å². The summed E-state index contributed by atoms with van der Waals surface area (Å²) >= 11 is 5.84. The van der Waals surface area contributed by atoms with Gasteiger partial charge in [-0.3, -0.25) is 10.1 Å². The summed E-state index contributed by atoms with van der Waals surface area (Å²) in [6.07, 6.45) is 4.39. The maximum absolute atomic E-state index is 11.0. The minimum absolute atomic E-state index is 0.115. The van der Waals surface area contributed by atoms with Gasteiger partial charge in [0.2, 0.25) is 0 Å². The van der Waals surface area contributed by atoms with Crippen molar-refractivity contribution in [2.45, 2.75) is 39.5 Å². The molecule has 0 radical (unpaired) electrons. The molecule has 0 N–H and O–H groups in total. The molecule has 0 aliphatic carbocycles. The van der Waals surface area contributed by atoms with Crippen LogP contribution in [0.25, 0.3) is 0 Å². The first-order chi connectivity index (χ1) is 9.10. The molecule has 1 atom stereocenters. The molecule has 1 aromatic rings. The van der Waals surface area contributed by atoms with Crippen molar-refractivity contribution in [3.05, 3.63) is 33.3 Å². The predicted molar refractivity (Wildman–Crippen MR) is 76.9 cm³/mol. The summed E-state index contributed by atoms with van der Waals surface area (Å²) in [7, 11) is 0. The van der Waals surface area contributed by atoms with E-state index >= 15 is 0 Å². The van der Waals surface area contributed by atoms with Crippen LogP contribution in [0.15, 0.2) is 18.2 Å². The van der Waals surface area contributed by atoms with Crippen molar-refractivity contribution in [2.24, 2.45) is 5.92 Å². The molecule has 4 nitrogen and oxygen atoms in total. The van der Waals surface area contributed by atoms with Crippen LogP contribution in [0, 0.1) is 16.0 Å². The molecular formula is C14H20ClNO3. The second kappa shape index (κ2) is 8.00. The van der Waals surface area contributed by atoms with Crippen LogP contribution in [0.2, 0.25) is 5.02 Å². The van der Waals surface area contributed by atoms with Gasteiger partial charge in [0.1, 0.15) is 5.02 Å². The van der Waals surface area contributed by atoms with Crippen LogP contribution in [0.3, 0.4) is 0 Å². The topological polar surface area (TPSA) is 52.4 Å². The fraction of sp³-hybridized carbons (Fsp3) is 0.571. The number of nitrogens with zero attached hydrogens (tertiary/aromatic N) is 1. The number of ether oxygens (including phenoxy) is 1. The highest BCUT2D eigenvalue weighted by Crippen LogP contribution is 2.34. The zero-order valence-electron chi connectivity index (χ0n) is 11.4. The first-order valence-electron chi connectivity index (χ1n) is 6.65. The van der Waals surface area contributed by atoms with Crippen LogP contribution in [0.4, 0.5) is 5.69 Å². The van der Waals surface area contributed by atoms with Crippen molar-refractivity contribution in [2.75, 3.05) is 6.61 Å². The van der Waals surface area contributed by atoms with Crippen LogP contribution >= 0.6 is 11.6 Å². The number of unbranched alkanes of at least 4 members (excludes halogenated alkanes) is 1. The Bertz CT molecular complexity index is 423. The zero-order chi connectivity index (χ0) is 14.3. The van der Waals surface area contributed by atoms with E-state index in [1.807, 2.05) is 0 Å². The van der Waals surface area contributed by atoms with Gasteiger partial charge in [-0.25, -0.2) is 0 Å². The molecule has 0 bridgehead atoms. The van der Waals surface area contributed by atoms with Gasteiger partial charge >= 0.3 is 5.69 Å². The average molecular weight is 286 g/mol. The van der Waals surface area contributed by atoms with Crippen LogP contribution in [0.5, 0.6) is 5.75 Å². The maximum Gasteiger partial charge on any atom is 0.329 e. The Hall–Kier alpha value is -1.29. The van der Waals surface area contributed by atoms with Gasteiger partial charge in [-0.05, 0) is 24.5 Å². The molecule has 0 aliphatic heterocycles. The monoisotopic (exact) mass is 285 g/mol. The Kier molecular flexibility index (Phi) is 6.64. The van der Waals surface area contributed by atoms with Crippen molar-refractivity contribution < 1.29 is 9.66 Å². The number of halogens is 1. The Balaban J connectivity index is 2.71. The van der Waals surface area contributed by atoms with E-state index in [1.165, 1.54) is 6.07 Å². The molecule has 0 amide bonds. The zero-order valence-corrected chi connectivity index (χ0v) is 12.2. The summed E-state index contributed by atoms with van der Waals surface area (Å²) in [6, 6.07) is 4.76. The third-order valence-corrected chi connectivity index (χ3v) is 3.46. The second-order valence-corrected chi connectivity index (χ2v) is 4.98. The van der Waals surface area contributed by atoms with E-state index in [9.17, 15) is 10.1 Å². The van der Waals surface area contributed by atoms with Gasteiger partial charge in [-0.1, -0.05) is 50.8 Å². The molecule has 19 heavy (non-hydrogen) atoms. The summed E-state index contributed by atoms with van der Waals surface area (Å²) in [5.74, 6) is 0.686. The fourth-order valence-electron chi connectivity index (χ4n) is 1.89. The molecule has 0 fully saturated rings. The number of rotatable bonds is 8. The van der Waals surface area contributed by atoms with E-state index in [0.717, 1.165) is 25.7 Å². The molecule has 0 saturated carbocycles. The lowest BCUT2D eigenvalue weighted by molar-refractivity contribution is -0.385. The number of nitro groups is 1. The van der Waals surface area contributed by atoms with E-state index in [1.54, 1.807) is 12.1 Å². The Labute approximate surface area is 118 Å². The first-order valence-corrected chi connectivity index (χ1v) is 7.03. The lowest BCUT2D eigenvalue weighted by atomic mass is 10.0. The molecule has 0 aromatic heterocycles. The summed E-state index contributed by atoms with van der Waals surface area (Å²) in [6.45, 7) is 4.75. The van der Waals surface area contributed by atoms with E-state index in [4.69, 9.17) is 16.3 Å². The molecule has 106 valence electrons. The van der Waals surface area contributed by atoms with Crippen LogP contribution in [0.1, 0.15) is 39.5 Å². The molecule has 1 unspecified atom stereocenters. The quantitative estimate of drug-likeness (QED) is 0.507. The van der Waals surface area contributed by atoms with Gasteiger partial charge < -0.3 is 4.74 Å². The summed E-state index contributed by atoms with van der Waals surface area (Å²) in [4.78, 5) is 10.5. The van der Waals surface area contributed by atoms with E-state index in [2.05, 4.69) is 13.8 Å². The van der Waals surface area contributed by atoms with Crippen LogP contribution in [-0.4, -0.2) is 11.5 Å². The third-order valence-electron chi connectivity index (χ3n) is 3.15. The predicted octanol–water partition coefficient (Wildman–Crippen LogP) is 4.84. The van der Waals surface area contributed by atoms with Gasteiger partial charge in [0.25, 0.3) is 0 Å². The Morgan fingerprint density at radius 2 is 2.16 bits per heavy atom. The van der Waals surface area contributed by atoms with E-state index in [0.29, 0.717) is 12.5 Å². The van der Waals surface area contributed by atoms with Gasteiger partial charge in [-0.2, -0.15) is 0 Å². The largest absolute Gasteiger partial charge is 0.486 e. The summed E-state index contributed by atoms with van der Waals surface area (Å²) < 4.78 is 5.60. The average Bonchev–Trinajstić information content (AvgIpc) is 2.38. The van der Waals surface area contributed by atoms with Crippen molar-refractivity contribution in [3.63, 3.8) is 0 Å². The minimum atomic E-state index is -0.495. The highest BCUT2D eigenvalue weighted by molar-refractivity contribution is 6.32. The van der Waals surface area contributed by atoms with Gasteiger partial charge in [0.05, 0.1) is 11.5 Å². The molecule has 5 heteroatoms. The second-order valence-electron chi connectivity index (χ2n) is 4.57. The first kappa shape index (κ1) is 15.8. The molecule has 1 aromatic carbocycles. The Morgan fingerprint density at radius 1 is 1.42 bits per heavy atom. The third kappa shape index (κ3) is 4.71. The molecule has 0 saturated heterocycles. The number of benzene rings is 1. The van der Waals surface area contributed by atoms with Crippen molar-refractivity contribution >= 4 is 17.3 Å². The van der Waals surface area contributed by atoms with Crippen LogP contribution < -0.4 is 4.74 Å². The lowest BCUT2D eigenvalue weighted by Gasteiger charge is -2.15. The van der Waals surface area contributed by atoms with Gasteiger partial charge in [-0.15, -0.1) is 0 Å². The number of para-hydroxylation sites is 1. The van der Waals surface area contributed by atoms with E-state index < -0.39 is 4.92 Å². The fourth-order valence-corrected chi connectivity index (χ4v) is 2.13. The number of nitro benzene ring substituents is 1. The molecular weight excluding hydrogens is 266 g/mol. The Morgan fingerprint density at radius 3 is 2.74 bits per heavy atom.